The fraction of sp³-hybridized carbons (Fsp3) is 0.545. The molecule has 1 amide bonds. The number of amides is 1. The minimum atomic E-state index is 0.0749. The highest BCUT2D eigenvalue weighted by Crippen LogP contribution is 2.48. The summed E-state index contributed by atoms with van der Waals surface area (Å²) in [6.07, 6.45) is 3.67. The zero-order chi connectivity index (χ0) is 10.7. The molecule has 0 aliphatic heterocycles. The van der Waals surface area contributed by atoms with Gasteiger partial charge in [0.2, 0.25) is 0 Å². The summed E-state index contributed by atoms with van der Waals surface area (Å²) < 4.78 is 0. The standard InChI is InChI=1S/C11H14BrNOS/c12-6-5-11(3-4-11)8-13-10(14)9-2-1-7-15-9/h1-2,7H,3-6,8H2,(H,13,14). The molecule has 0 radical (unpaired) electrons. The van der Waals surface area contributed by atoms with Crippen molar-refractivity contribution in [1.82, 2.24) is 5.32 Å². The Hall–Kier alpha value is -0.350. The van der Waals surface area contributed by atoms with Crippen molar-refractivity contribution in [3.63, 3.8) is 0 Å². The highest BCUT2D eigenvalue weighted by atomic mass is 79.9. The summed E-state index contributed by atoms with van der Waals surface area (Å²) in [6.45, 7) is 0.829. The molecule has 4 heteroatoms. The zero-order valence-electron chi connectivity index (χ0n) is 8.46. The van der Waals surface area contributed by atoms with Crippen LogP contribution in [0.3, 0.4) is 0 Å². The Labute approximate surface area is 102 Å². The average molecular weight is 288 g/mol. The van der Waals surface area contributed by atoms with Gasteiger partial charge in [0.25, 0.3) is 5.91 Å². The van der Waals surface area contributed by atoms with E-state index in [1.807, 2.05) is 17.5 Å². The molecule has 0 spiro atoms. The van der Waals surface area contributed by atoms with Gasteiger partial charge in [0.15, 0.2) is 0 Å². The molecule has 1 N–H and O–H groups in total. The zero-order valence-corrected chi connectivity index (χ0v) is 10.9. The van der Waals surface area contributed by atoms with E-state index in [0.717, 1.165) is 23.2 Å². The molecule has 0 aromatic carbocycles. The first-order valence-corrected chi connectivity index (χ1v) is 7.14. The first-order valence-electron chi connectivity index (χ1n) is 5.13. The Kier molecular flexibility index (Phi) is 3.46. The lowest BCUT2D eigenvalue weighted by Gasteiger charge is -2.13. The fourth-order valence-corrected chi connectivity index (χ4v) is 3.14. The molecule has 0 bridgehead atoms. The summed E-state index contributed by atoms with van der Waals surface area (Å²) in [5, 5.41) is 5.98. The molecule has 2 rings (SSSR count). The van der Waals surface area contributed by atoms with E-state index in [1.54, 1.807) is 0 Å². The molecule has 0 saturated heterocycles. The van der Waals surface area contributed by atoms with Gasteiger partial charge in [0, 0.05) is 11.9 Å². The van der Waals surface area contributed by atoms with Crippen LogP contribution in [0, 0.1) is 5.41 Å². The number of alkyl halides is 1. The van der Waals surface area contributed by atoms with Gasteiger partial charge in [-0.3, -0.25) is 4.79 Å². The van der Waals surface area contributed by atoms with E-state index in [1.165, 1.54) is 24.2 Å². The molecule has 0 atom stereocenters. The first-order chi connectivity index (χ1) is 7.26. The van der Waals surface area contributed by atoms with Gasteiger partial charge in [-0.25, -0.2) is 0 Å². The molecule has 1 saturated carbocycles. The van der Waals surface area contributed by atoms with Crippen molar-refractivity contribution in [3.8, 4) is 0 Å². The van der Waals surface area contributed by atoms with Crippen LogP contribution in [0.4, 0.5) is 0 Å². The smallest absolute Gasteiger partial charge is 0.261 e. The molecule has 1 aromatic rings. The largest absolute Gasteiger partial charge is 0.351 e. The van der Waals surface area contributed by atoms with Gasteiger partial charge in [-0.05, 0) is 36.1 Å². The molecule has 82 valence electrons. The maximum absolute atomic E-state index is 11.7. The van der Waals surface area contributed by atoms with Crippen molar-refractivity contribution in [2.45, 2.75) is 19.3 Å². The molecule has 1 fully saturated rings. The number of rotatable bonds is 5. The average Bonchev–Trinajstić information content (AvgIpc) is 2.81. The summed E-state index contributed by atoms with van der Waals surface area (Å²) in [7, 11) is 0. The van der Waals surface area contributed by atoms with E-state index < -0.39 is 0 Å². The van der Waals surface area contributed by atoms with Gasteiger partial charge < -0.3 is 5.32 Å². The molecule has 1 aromatic heterocycles. The van der Waals surface area contributed by atoms with Gasteiger partial charge in [0.05, 0.1) is 4.88 Å². The van der Waals surface area contributed by atoms with Crippen LogP contribution < -0.4 is 5.32 Å². The van der Waals surface area contributed by atoms with Gasteiger partial charge in [-0.15, -0.1) is 11.3 Å². The third-order valence-corrected chi connectivity index (χ3v) is 4.22. The summed E-state index contributed by atoms with van der Waals surface area (Å²) >= 11 is 4.95. The highest BCUT2D eigenvalue weighted by molar-refractivity contribution is 9.09. The maximum atomic E-state index is 11.7. The van der Waals surface area contributed by atoms with Gasteiger partial charge in [-0.1, -0.05) is 22.0 Å². The van der Waals surface area contributed by atoms with E-state index in [0.29, 0.717) is 5.41 Å². The summed E-state index contributed by atoms with van der Waals surface area (Å²) in [4.78, 5) is 12.5. The van der Waals surface area contributed by atoms with Crippen molar-refractivity contribution in [3.05, 3.63) is 22.4 Å². The van der Waals surface area contributed by atoms with Crippen LogP contribution in [0.15, 0.2) is 17.5 Å². The van der Waals surface area contributed by atoms with E-state index in [-0.39, 0.29) is 5.91 Å². The number of carbonyl (C=O) groups excluding carboxylic acids is 1. The quantitative estimate of drug-likeness (QED) is 0.829. The van der Waals surface area contributed by atoms with Crippen LogP contribution in [-0.2, 0) is 0 Å². The Balaban J connectivity index is 1.81. The summed E-state index contributed by atoms with van der Waals surface area (Å²) in [5.41, 5.74) is 0.399. The van der Waals surface area contributed by atoms with E-state index in [9.17, 15) is 4.79 Å². The van der Waals surface area contributed by atoms with E-state index in [2.05, 4.69) is 21.2 Å². The summed E-state index contributed by atoms with van der Waals surface area (Å²) in [5.74, 6) is 0.0749. The van der Waals surface area contributed by atoms with Crippen LogP contribution in [0.2, 0.25) is 0 Å². The van der Waals surface area contributed by atoms with Crippen LogP contribution in [0.25, 0.3) is 0 Å². The number of thiophene rings is 1. The number of nitrogens with one attached hydrogen (secondary N) is 1. The highest BCUT2D eigenvalue weighted by Gasteiger charge is 2.41. The lowest BCUT2D eigenvalue weighted by atomic mass is 10.0. The Bertz CT molecular complexity index is 332. The molecule has 1 heterocycles. The molecule has 1 aliphatic rings. The molecule has 2 nitrogen and oxygen atoms in total. The van der Waals surface area contributed by atoms with Gasteiger partial charge in [0.1, 0.15) is 0 Å². The predicted octanol–water partition coefficient (Wildman–Crippen LogP) is 3.04. The second-order valence-electron chi connectivity index (χ2n) is 4.10. The second-order valence-corrected chi connectivity index (χ2v) is 5.84. The SMILES string of the molecule is O=C(NCC1(CCBr)CC1)c1cccs1. The predicted molar refractivity (Wildman–Crippen MR) is 66.7 cm³/mol. The molecule has 0 unspecified atom stereocenters. The Morgan fingerprint density at radius 1 is 1.60 bits per heavy atom. The number of hydrogen-bond acceptors (Lipinski definition) is 2. The van der Waals surface area contributed by atoms with Gasteiger partial charge >= 0.3 is 0 Å². The number of halogens is 1. The monoisotopic (exact) mass is 287 g/mol. The van der Waals surface area contributed by atoms with Crippen LogP contribution >= 0.6 is 27.3 Å². The third-order valence-electron chi connectivity index (χ3n) is 2.95. The van der Waals surface area contributed by atoms with Crippen LogP contribution in [-0.4, -0.2) is 17.8 Å². The van der Waals surface area contributed by atoms with Gasteiger partial charge in [-0.2, -0.15) is 0 Å². The van der Waals surface area contributed by atoms with E-state index >= 15 is 0 Å². The lowest BCUT2D eigenvalue weighted by molar-refractivity contribution is 0.0948. The first kappa shape index (κ1) is 11.1. The Morgan fingerprint density at radius 2 is 2.40 bits per heavy atom. The summed E-state index contributed by atoms with van der Waals surface area (Å²) in [6, 6.07) is 3.77. The van der Waals surface area contributed by atoms with Crippen molar-refractivity contribution in [2.75, 3.05) is 11.9 Å². The maximum Gasteiger partial charge on any atom is 0.261 e. The third kappa shape index (κ3) is 2.82. The number of carbonyl (C=O) groups is 1. The normalized spacial score (nSPS) is 17.4. The molecular formula is C11H14BrNOS. The van der Waals surface area contributed by atoms with Crippen LogP contribution in [0.1, 0.15) is 28.9 Å². The van der Waals surface area contributed by atoms with Crippen molar-refractivity contribution < 1.29 is 4.79 Å². The van der Waals surface area contributed by atoms with Crippen molar-refractivity contribution >= 4 is 33.2 Å². The molecular weight excluding hydrogens is 274 g/mol. The van der Waals surface area contributed by atoms with Crippen LogP contribution in [0.5, 0.6) is 0 Å². The minimum Gasteiger partial charge on any atom is -0.351 e. The topological polar surface area (TPSA) is 29.1 Å². The molecule has 15 heavy (non-hydrogen) atoms. The van der Waals surface area contributed by atoms with Crippen molar-refractivity contribution in [2.24, 2.45) is 5.41 Å². The fourth-order valence-electron chi connectivity index (χ4n) is 1.66. The number of hydrogen-bond donors (Lipinski definition) is 1. The van der Waals surface area contributed by atoms with E-state index in [4.69, 9.17) is 0 Å². The van der Waals surface area contributed by atoms with Crippen molar-refractivity contribution in [1.29, 1.82) is 0 Å². The molecule has 1 aliphatic carbocycles. The Morgan fingerprint density at radius 3 is 2.93 bits per heavy atom. The second kappa shape index (κ2) is 4.66. The lowest BCUT2D eigenvalue weighted by Crippen LogP contribution is -2.29. The minimum absolute atomic E-state index is 0.0749.